The molecule has 0 atom stereocenters. The number of pyridine rings is 1. The Hall–Kier alpha value is -1.73. The molecule has 0 spiro atoms. The molecule has 0 saturated heterocycles. The minimum Gasteiger partial charge on any atom is -0.478 e. The number of carbonyl (C=O) groups is 2. The van der Waals surface area contributed by atoms with E-state index in [9.17, 15) is 9.59 Å². The van der Waals surface area contributed by atoms with Crippen LogP contribution in [0.2, 0.25) is 0 Å². The van der Waals surface area contributed by atoms with Gasteiger partial charge in [-0.05, 0) is 40.2 Å². The van der Waals surface area contributed by atoms with E-state index in [1.54, 1.807) is 18.2 Å². The van der Waals surface area contributed by atoms with E-state index in [2.05, 4.69) is 42.2 Å². The molecule has 1 aromatic heterocycles. The van der Waals surface area contributed by atoms with Crippen LogP contribution in [0.15, 0.2) is 45.6 Å². The molecule has 7 heteroatoms. The Kier molecular flexibility index (Phi) is 4.51. The lowest BCUT2D eigenvalue weighted by molar-refractivity contribution is 0.0696. The summed E-state index contributed by atoms with van der Waals surface area (Å²) in [5.41, 5.74) is 0.774. The van der Waals surface area contributed by atoms with Gasteiger partial charge in [0.05, 0.1) is 23.0 Å². The molecule has 0 aliphatic rings. The maximum atomic E-state index is 12.1. The Labute approximate surface area is 131 Å². The maximum Gasteiger partial charge on any atom is 0.337 e. The van der Waals surface area contributed by atoms with Crippen molar-refractivity contribution in [2.24, 2.45) is 0 Å². The first-order chi connectivity index (χ1) is 9.47. The molecule has 20 heavy (non-hydrogen) atoms. The van der Waals surface area contributed by atoms with E-state index in [-0.39, 0.29) is 11.5 Å². The summed E-state index contributed by atoms with van der Waals surface area (Å²) in [4.78, 5) is 26.7. The Morgan fingerprint density at radius 2 is 1.90 bits per heavy atom. The number of rotatable bonds is 3. The lowest BCUT2D eigenvalue weighted by Crippen LogP contribution is -2.13. The Balaban J connectivity index is 2.23. The third-order valence-corrected chi connectivity index (χ3v) is 3.57. The van der Waals surface area contributed by atoms with Crippen molar-refractivity contribution < 1.29 is 14.7 Å². The molecular weight excluding hydrogens is 392 g/mol. The minimum atomic E-state index is -1.10. The van der Waals surface area contributed by atoms with Crippen molar-refractivity contribution in [3.05, 3.63) is 56.7 Å². The number of nitrogens with zero attached hydrogens (tertiary/aromatic N) is 1. The number of carboxylic acids is 1. The molecule has 2 aromatic rings. The SMILES string of the molecule is O=C(O)c1cncc(NC(=O)c2ccc(Br)cc2Br)c1. The number of benzene rings is 1. The monoisotopic (exact) mass is 398 g/mol. The van der Waals surface area contributed by atoms with Crippen molar-refractivity contribution in [1.82, 2.24) is 4.98 Å². The van der Waals surface area contributed by atoms with Gasteiger partial charge in [0.1, 0.15) is 0 Å². The van der Waals surface area contributed by atoms with Crippen LogP contribution in [0.5, 0.6) is 0 Å². The third-order valence-electron chi connectivity index (χ3n) is 2.42. The average molecular weight is 400 g/mol. The number of aromatic nitrogens is 1. The van der Waals surface area contributed by atoms with Gasteiger partial charge in [-0.15, -0.1) is 0 Å². The van der Waals surface area contributed by atoms with Gasteiger partial charge in [0.15, 0.2) is 0 Å². The van der Waals surface area contributed by atoms with Crippen LogP contribution in [0.4, 0.5) is 5.69 Å². The van der Waals surface area contributed by atoms with Gasteiger partial charge in [-0.1, -0.05) is 15.9 Å². The fourth-order valence-electron chi connectivity index (χ4n) is 1.50. The minimum absolute atomic E-state index is 0.0117. The van der Waals surface area contributed by atoms with E-state index in [1.807, 2.05) is 0 Å². The van der Waals surface area contributed by atoms with Gasteiger partial charge in [-0.2, -0.15) is 0 Å². The topological polar surface area (TPSA) is 79.3 Å². The summed E-state index contributed by atoms with van der Waals surface area (Å²) >= 11 is 6.60. The smallest absolute Gasteiger partial charge is 0.337 e. The fourth-order valence-corrected chi connectivity index (χ4v) is 2.72. The van der Waals surface area contributed by atoms with Crippen molar-refractivity contribution >= 4 is 49.4 Å². The molecule has 5 nitrogen and oxygen atoms in total. The highest BCUT2D eigenvalue weighted by Crippen LogP contribution is 2.23. The number of nitrogens with one attached hydrogen (secondary N) is 1. The molecule has 0 saturated carbocycles. The van der Waals surface area contributed by atoms with Crippen LogP contribution in [0.25, 0.3) is 0 Å². The molecule has 1 amide bonds. The first-order valence-corrected chi connectivity index (χ1v) is 7.00. The molecule has 0 unspecified atom stereocenters. The molecule has 102 valence electrons. The Morgan fingerprint density at radius 3 is 2.55 bits per heavy atom. The number of hydrogen-bond acceptors (Lipinski definition) is 3. The lowest BCUT2D eigenvalue weighted by Gasteiger charge is -2.07. The van der Waals surface area contributed by atoms with E-state index in [4.69, 9.17) is 5.11 Å². The highest BCUT2D eigenvalue weighted by Gasteiger charge is 2.12. The predicted molar refractivity (Wildman–Crippen MR) is 81.0 cm³/mol. The van der Waals surface area contributed by atoms with E-state index < -0.39 is 5.97 Å². The van der Waals surface area contributed by atoms with Crippen LogP contribution in [-0.4, -0.2) is 22.0 Å². The molecule has 0 radical (unpaired) electrons. The number of carboxylic acid groups (broad SMARTS) is 1. The van der Waals surface area contributed by atoms with Crippen molar-refractivity contribution in [2.75, 3.05) is 5.32 Å². The summed E-state index contributed by atoms with van der Waals surface area (Å²) in [6.45, 7) is 0. The van der Waals surface area contributed by atoms with E-state index in [0.717, 1.165) is 4.47 Å². The average Bonchev–Trinajstić information content (AvgIpc) is 2.38. The van der Waals surface area contributed by atoms with Crippen LogP contribution in [0.1, 0.15) is 20.7 Å². The highest BCUT2D eigenvalue weighted by molar-refractivity contribution is 9.11. The summed E-state index contributed by atoms with van der Waals surface area (Å²) in [7, 11) is 0. The number of hydrogen-bond donors (Lipinski definition) is 2. The largest absolute Gasteiger partial charge is 0.478 e. The van der Waals surface area contributed by atoms with Crippen LogP contribution in [0, 0.1) is 0 Å². The summed E-state index contributed by atoms with van der Waals surface area (Å²) in [6.07, 6.45) is 2.60. The molecular formula is C13H8Br2N2O3. The summed E-state index contributed by atoms with van der Waals surface area (Å²) in [5.74, 6) is -1.45. The van der Waals surface area contributed by atoms with Gasteiger partial charge in [0.2, 0.25) is 0 Å². The van der Waals surface area contributed by atoms with Crippen LogP contribution in [0.3, 0.4) is 0 Å². The summed E-state index contributed by atoms with van der Waals surface area (Å²) in [6, 6.07) is 6.49. The van der Waals surface area contributed by atoms with E-state index in [0.29, 0.717) is 15.7 Å². The standard InChI is InChI=1S/C13H8Br2N2O3/c14-8-1-2-10(11(15)4-8)12(18)17-9-3-7(13(19)20)5-16-6-9/h1-6H,(H,17,18)(H,19,20). The van der Waals surface area contributed by atoms with Gasteiger partial charge in [0, 0.05) is 15.1 Å². The fraction of sp³-hybridized carbons (Fsp3) is 0. The normalized spacial score (nSPS) is 10.1. The zero-order chi connectivity index (χ0) is 14.7. The Bertz CT molecular complexity index is 689. The first kappa shape index (κ1) is 14.7. The second-order valence-corrected chi connectivity index (χ2v) is 5.62. The van der Waals surface area contributed by atoms with E-state index >= 15 is 0 Å². The predicted octanol–water partition coefficient (Wildman–Crippen LogP) is 3.56. The molecule has 2 rings (SSSR count). The lowest BCUT2D eigenvalue weighted by atomic mass is 10.2. The number of carbonyl (C=O) groups excluding carboxylic acids is 1. The van der Waals surface area contributed by atoms with Crippen molar-refractivity contribution in [3.63, 3.8) is 0 Å². The van der Waals surface area contributed by atoms with Crippen LogP contribution < -0.4 is 5.32 Å². The van der Waals surface area contributed by atoms with Gasteiger partial charge in [-0.25, -0.2) is 4.79 Å². The van der Waals surface area contributed by atoms with Crippen molar-refractivity contribution in [3.8, 4) is 0 Å². The highest BCUT2D eigenvalue weighted by atomic mass is 79.9. The van der Waals surface area contributed by atoms with Gasteiger partial charge in [0.25, 0.3) is 5.91 Å². The third kappa shape index (κ3) is 3.43. The first-order valence-electron chi connectivity index (χ1n) is 5.42. The van der Waals surface area contributed by atoms with Crippen molar-refractivity contribution in [2.45, 2.75) is 0 Å². The van der Waals surface area contributed by atoms with Gasteiger partial charge in [-0.3, -0.25) is 9.78 Å². The van der Waals surface area contributed by atoms with E-state index in [1.165, 1.54) is 18.5 Å². The quantitative estimate of drug-likeness (QED) is 0.826. The molecule has 2 N–H and O–H groups in total. The molecule has 0 aliphatic carbocycles. The number of halogens is 2. The van der Waals surface area contributed by atoms with Gasteiger partial charge >= 0.3 is 5.97 Å². The molecule has 0 bridgehead atoms. The molecule has 1 heterocycles. The summed E-state index contributed by atoms with van der Waals surface area (Å²) in [5, 5.41) is 11.5. The Morgan fingerprint density at radius 1 is 1.15 bits per heavy atom. The second-order valence-electron chi connectivity index (χ2n) is 3.85. The zero-order valence-corrected chi connectivity index (χ0v) is 13.1. The zero-order valence-electron chi connectivity index (χ0n) is 9.93. The summed E-state index contributed by atoms with van der Waals surface area (Å²) < 4.78 is 1.47. The van der Waals surface area contributed by atoms with Gasteiger partial charge < -0.3 is 10.4 Å². The second kappa shape index (κ2) is 6.15. The molecule has 1 aromatic carbocycles. The number of anilines is 1. The maximum absolute atomic E-state index is 12.1. The molecule has 0 fully saturated rings. The van der Waals surface area contributed by atoms with Crippen LogP contribution in [-0.2, 0) is 0 Å². The van der Waals surface area contributed by atoms with Crippen LogP contribution >= 0.6 is 31.9 Å². The number of amides is 1. The van der Waals surface area contributed by atoms with Crippen molar-refractivity contribution in [1.29, 1.82) is 0 Å². The number of aromatic carboxylic acids is 1. The molecule has 0 aliphatic heterocycles.